The highest BCUT2D eigenvalue weighted by Crippen LogP contribution is 2.14. The molecule has 2 aromatic carbocycles. The second kappa shape index (κ2) is 9.16. The van der Waals surface area contributed by atoms with Crippen LogP contribution >= 0.6 is 0 Å². The second-order valence-electron chi connectivity index (χ2n) is 6.59. The Kier molecular flexibility index (Phi) is 6.40. The minimum Gasteiger partial charge on any atom is -0.351 e. The molecule has 1 aromatic heterocycles. The van der Waals surface area contributed by atoms with Crippen LogP contribution < -0.4 is 16.3 Å². The number of hydrogen-bond acceptors (Lipinski definition) is 4. The van der Waals surface area contributed by atoms with Gasteiger partial charge in [0.05, 0.1) is 24.1 Å². The van der Waals surface area contributed by atoms with Crippen molar-refractivity contribution in [1.82, 2.24) is 20.2 Å². The van der Waals surface area contributed by atoms with Crippen LogP contribution in [-0.4, -0.2) is 46.3 Å². The molecule has 3 rings (SSSR count). The summed E-state index contributed by atoms with van der Waals surface area (Å²) in [4.78, 5) is 42.7. The molecule has 0 saturated carbocycles. The van der Waals surface area contributed by atoms with Crippen LogP contribution in [0.25, 0.3) is 11.0 Å². The van der Waals surface area contributed by atoms with Gasteiger partial charge < -0.3 is 20.6 Å². The molecule has 1 heterocycles. The predicted molar refractivity (Wildman–Crippen MR) is 108 cm³/mol. The molecule has 0 atom stereocenters. The lowest BCUT2D eigenvalue weighted by Gasteiger charge is -2.19. The molecule has 0 radical (unpaired) electrons. The summed E-state index contributed by atoms with van der Waals surface area (Å²) in [6.45, 7) is 2.77. The third-order valence-electron chi connectivity index (χ3n) is 4.38. The first-order valence-corrected chi connectivity index (χ1v) is 9.18. The molecule has 2 amide bonds. The fraction of sp³-hybridized carbons (Fsp3) is 0.250. The van der Waals surface area contributed by atoms with Crippen LogP contribution in [-0.2, 0) is 16.1 Å². The van der Waals surface area contributed by atoms with Crippen LogP contribution in [0.1, 0.15) is 12.5 Å². The van der Waals surface area contributed by atoms with E-state index >= 15 is 0 Å². The number of imidazole rings is 1. The number of fused-ring (bicyclic) bond motifs is 1. The Labute approximate surface area is 166 Å². The number of rotatable bonds is 8. The van der Waals surface area contributed by atoms with E-state index in [0.717, 1.165) is 5.56 Å². The molecule has 0 bridgehead atoms. The number of hydrogen-bond donors (Lipinski definition) is 4. The highest BCUT2D eigenvalue weighted by molar-refractivity contribution is 5.94. The highest BCUT2D eigenvalue weighted by atomic mass is 19.1. The topological polar surface area (TPSA) is 110 Å². The van der Waals surface area contributed by atoms with Gasteiger partial charge in [0, 0.05) is 12.2 Å². The van der Waals surface area contributed by atoms with Crippen molar-refractivity contribution in [1.29, 1.82) is 0 Å². The number of halogens is 1. The second-order valence-corrected chi connectivity index (χ2v) is 6.59. The lowest BCUT2D eigenvalue weighted by Crippen LogP contribution is -2.40. The third kappa shape index (κ3) is 5.76. The van der Waals surface area contributed by atoms with Gasteiger partial charge in [0.2, 0.25) is 11.8 Å². The number of likely N-dealkylation sites (N-methyl/N-ethyl adjacent to an activating group) is 1. The molecule has 0 aliphatic carbocycles. The monoisotopic (exact) mass is 399 g/mol. The van der Waals surface area contributed by atoms with Gasteiger partial charge in [-0.15, -0.1) is 0 Å². The zero-order valence-electron chi connectivity index (χ0n) is 15.9. The van der Waals surface area contributed by atoms with Gasteiger partial charge in [-0.05, 0) is 42.4 Å². The maximum absolute atomic E-state index is 12.9. The van der Waals surface area contributed by atoms with Gasteiger partial charge in [-0.25, -0.2) is 9.18 Å². The molecule has 0 saturated heterocycles. The Morgan fingerprint density at radius 3 is 2.41 bits per heavy atom. The average Bonchev–Trinajstić information content (AvgIpc) is 3.06. The van der Waals surface area contributed by atoms with Crippen molar-refractivity contribution >= 4 is 28.5 Å². The van der Waals surface area contributed by atoms with Crippen molar-refractivity contribution in [2.75, 3.05) is 25.0 Å². The Bertz CT molecular complexity index is 1060. The summed E-state index contributed by atoms with van der Waals surface area (Å²) in [5, 5.41) is 5.52. The van der Waals surface area contributed by atoms with Gasteiger partial charge in [0.15, 0.2) is 0 Å². The standard InChI is InChI=1S/C20H22FN5O3/c1-2-26(11-18(27)22-10-13-3-5-14(21)6-4-13)12-19(28)23-15-7-8-16-17(9-15)25-20(29)24-16/h3-9H,2,10-12H2,1H3,(H,22,27)(H,23,28)(H2,24,25,29). The van der Waals surface area contributed by atoms with E-state index in [1.165, 1.54) is 12.1 Å². The number of carbonyl (C=O) groups is 2. The molecule has 0 aliphatic heterocycles. The highest BCUT2D eigenvalue weighted by Gasteiger charge is 2.13. The van der Waals surface area contributed by atoms with Crippen LogP contribution in [0.15, 0.2) is 47.3 Å². The SMILES string of the molecule is CCN(CC(=O)NCc1ccc(F)cc1)CC(=O)Nc1ccc2[nH]c(=O)[nH]c2c1. The summed E-state index contributed by atoms with van der Waals surface area (Å²) < 4.78 is 12.9. The Hall–Kier alpha value is -3.46. The van der Waals surface area contributed by atoms with Gasteiger partial charge in [-0.3, -0.25) is 14.5 Å². The molecule has 4 N–H and O–H groups in total. The zero-order valence-corrected chi connectivity index (χ0v) is 15.9. The lowest BCUT2D eigenvalue weighted by molar-refractivity contribution is -0.123. The van der Waals surface area contributed by atoms with Crippen LogP contribution in [0, 0.1) is 5.82 Å². The van der Waals surface area contributed by atoms with Crippen molar-refractivity contribution in [2.45, 2.75) is 13.5 Å². The van der Waals surface area contributed by atoms with E-state index in [-0.39, 0.29) is 43.0 Å². The van der Waals surface area contributed by atoms with E-state index in [0.29, 0.717) is 23.3 Å². The average molecular weight is 399 g/mol. The minimum atomic E-state index is -0.328. The summed E-state index contributed by atoms with van der Waals surface area (Å²) in [6, 6.07) is 10.9. The number of benzene rings is 2. The van der Waals surface area contributed by atoms with E-state index in [2.05, 4.69) is 20.6 Å². The van der Waals surface area contributed by atoms with E-state index in [9.17, 15) is 18.8 Å². The Balaban J connectivity index is 1.49. The molecule has 0 spiro atoms. The maximum Gasteiger partial charge on any atom is 0.323 e. The molecule has 3 aromatic rings. The predicted octanol–water partition coefficient (Wildman–Crippen LogP) is 1.57. The number of carbonyl (C=O) groups excluding carboxylic acids is 2. The van der Waals surface area contributed by atoms with E-state index < -0.39 is 0 Å². The van der Waals surface area contributed by atoms with Gasteiger partial charge in [0.1, 0.15) is 5.82 Å². The van der Waals surface area contributed by atoms with E-state index in [1.54, 1.807) is 35.2 Å². The summed E-state index contributed by atoms with van der Waals surface area (Å²) in [5.41, 5.74) is 2.28. The largest absolute Gasteiger partial charge is 0.351 e. The number of aromatic nitrogens is 2. The molecule has 29 heavy (non-hydrogen) atoms. The molecule has 8 nitrogen and oxygen atoms in total. The smallest absolute Gasteiger partial charge is 0.323 e. The summed E-state index contributed by atoms with van der Waals surface area (Å²) >= 11 is 0. The number of H-pyrrole nitrogens is 2. The molecule has 152 valence electrons. The van der Waals surface area contributed by atoms with E-state index in [1.807, 2.05) is 6.92 Å². The quantitative estimate of drug-likeness (QED) is 0.461. The normalized spacial score (nSPS) is 11.0. The lowest BCUT2D eigenvalue weighted by atomic mass is 10.2. The number of anilines is 1. The van der Waals surface area contributed by atoms with Crippen molar-refractivity contribution in [3.8, 4) is 0 Å². The molecular weight excluding hydrogens is 377 g/mol. The Morgan fingerprint density at radius 1 is 1.00 bits per heavy atom. The first-order chi connectivity index (χ1) is 13.9. The molecule has 0 fully saturated rings. The zero-order chi connectivity index (χ0) is 20.8. The fourth-order valence-corrected chi connectivity index (χ4v) is 2.86. The number of amides is 2. The van der Waals surface area contributed by atoms with Crippen LogP contribution in [0.3, 0.4) is 0 Å². The summed E-state index contributed by atoms with van der Waals surface area (Å²) in [7, 11) is 0. The van der Waals surface area contributed by atoms with Crippen molar-refractivity contribution in [3.05, 3.63) is 64.3 Å². The summed E-state index contributed by atoms with van der Waals surface area (Å²) in [6.07, 6.45) is 0. The first-order valence-electron chi connectivity index (χ1n) is 9.18. The van der Waals surface area contributed by atoms with Gasteiger partial charge >= 0.3 is 5.69 Å². The maximum atomic E-state index is 12.9. The summed E-state index contributed by atoms with van der Waals surface area (Å²) in [5.74, 6) is -0.823. The number of nitrogens with one attached hydrogen (secondary N) is 4. The van der Waals surface area contributed by atoms with E-state index in [4.69, 9.17) is 0 Å². The van der Waals surface area contributed by atoms with Crippen LogP contribution in [0.5, 0.6) is 0 Å². The number of aromatic amines is 2. The number of nitrogens with zero attached hydrogens (tertiary/aromatic N) is 1. The van der Waals surface area contributed by atoms with Gasteiger partial charge in [-0.1, -0.05) is 19.1 Å². The van der Waals surface area contributed by atoms with Crippen molar-refractivity contribution in [2.24, 2.45) is 0 Å². The van der Waals surface area contributed by atoms with Crippen molar-refractivity contribution < 1.29 is 14.0 Å². The third-order valence-corrected chi connectivity index (χ3v) is 4.38. The Morgan fingerprint density at radius 2 is 1.69 bits per heavy atom. The molecule has 0 aliphatic rings. The fourth-order valence-electron chi connectivity index (χ4n) is 2.86. The van der Waals surface area contributed by atoms with Crippen LogP contribution in [0.4, 0.5) is 10.1 Å². The van der Waals surface area contributed by atoms with Crippen molar-refractivity contribution in [3.63, 3.8) is 0 Å². The molecule has 0 unspecified atom stereocenters. The van der Waals surface area contributed by atoms with Gasteiger partial charge in [0.25, 0.3) is 0 Å². The molecule has 9 heteroatoms. The van der Waals surface area contributed by atoms with Gasteiger partial charge in [-0.2, -0.15) is 0 Å². The minimum absolute atomic E-state index is 0.0438. The molecular formula is C20H22FN5O3. The van der Waals surface area contributed by atoms with Crippen LogP contribution in [0.2, 0.25) is 0 Å². The first kappa shape index (κ1) is 20.3.